The summed E-state index contributed by atoms with van der Waals surface area (Å²) in [4.78, 5) is 2.40. The summed E-state index contributed by atoms with van der Waals surface area (Å²) in [6.07, 6.45) is 3.10. The largest absolute Gasteiger partial charge is 0.377 e. The molecule has 1 atom stereocenters. The molecule has 1 N–H and O–H groups in total. The first-order valence-corrected chi connectivity index (χ1v) is 12.4. The van der Waals surface area contributed by atoms with Crippen LogP contribution in [0.1, 0.15) is 35.2 Å². The summed E-state index contributed by atoms with van der Waals surface area (Å²) in [7, 11) is -7.05. The molecule has 2 aromatic rings. The van der Waals surface area contributed by atoms with Gasteiger partial charge in [0.25, 0.3) is 0 Å². The molecule has 1 unspecified atom stereocenters. The number of sulfone groups is 2. The van der Waals surface area contributed by atoms with Gasteiger partial charge in [0.1, 0.15) is 0 Å². The van der Waals surface area contributed by atoms with Crippen molar-refractivity contribution in [2.75, 3.05) is 17.8 Å². The molecule has 8 heteroatoms. The van der Waals surface area contributed by atoms with Crippen molar-refractivity contribution >= 4 is 36.7 Å². The van der Waals surface area contributed by atoms with Gasteiger partial charge in [0.15, 0.2) is 19.7 Å². The van der Waals surface area contributed by atoms with Crippen molar-refractivity contribution in [1.29, 1.82) is 0 Å². The molecule has 1 heterocycles. The number of thiophene rings is 1. The third-order valence-electron chi connectivity index (χ3n) is 3.94. The van der Waals surface area contributed by atoms with E-state index in [4.69, 9.17) is 0 Å². The summed E-state index contributed by atoms with van der Waals surface area (Å²) in [5.74, 6) is 0. The Morgan fingerprint density at radius 2 is 1.72 bits per heavy atom. The van der Waals surface area contributed by atoms with E-state index in [9.17, 15) is 16.8 Å². The van der Waals surface area contributed by atoms with Crippen LogP contribution in [0.3, 0.4) is 0 Å². The maximum atomic E-state index is 12.1. The van der Waals surface area contributed by atoms with Crippen LogP contribution in [0.4, 0.5) is 5.69 Å². The molecule has 0 radical (unpaired) electrons. The van der Waals surface area contributed by atoms with Gasteiger partial charge in [-0.25, -0.2) is 16.8 Å². The lowest BCUT2D eigenvalue weighted by molar-refractivity contribution is 0.600. The van der Waals surface area contributed by atoms with Crippen LogP contribution in [0, 0.1) is 6.92 Å². The molecule has 0 fully saturated rings. The van der Waals surface area contributed by atoms with Crippen LogP contribution < -0.4 is 5.32 Å². The molecule has 0 aliphatic carbocycles. The number of hydrogen-bond donors (Lipinski definition) is 1. The van der Waals surface area contributed by atoms with Gasteiger partial charge in [-0.15, -0.1) is 11.3 Å². The molecule has 2 rings (SSSR count). The Hall–Kier alpha value is -1.38. The first kappa shape index (κ1) is 19.9. The molecule has 0 saturated heterocycles. The standard InChI is InChI=1S/C17H23NO4S3/c1-6-15-11(2)9-16(23-15)12(3)18-14-8-7-13(24(4,19)20)10-17(14)25(5,21)22/h7-10,12,18H,6H2,1-5H3. The van der Waals surface area contributed by atoms with Gasteiger partial charge < -0.3 is 5.32 Å². The van der Waals surface area contributed by atoms with E-state index in [1.165, 1.54) is 28.6 Å². The Morgan fingerprint density at radius 1 is 1.08 bits per heavy atom. The lowest BCUT2D eigenvalue weighted by Crippen LogP contribution is -2.11. The summed E-state index contributed by atoms with van der Waals surface area (Å²) >= 11 is 1.70. The Kier molecular flexibility index (Phi) is 5.65. The van der Waals surface area contributed by atoms with Gasteiger partial charge in [0.2, 0.25) is 0 Å². The topological polar surface area (TPSA) is 80.3 Å². The maximum absolute atomic E-state index is 12.1. The van der Waals surface area contributed by atoms with E-state index in [1.54, 1.807) is 11.3 Å². The Balaban J connectivity index is 2.44. The van der Waals surface area contributed by atoms with Crippen molar-refractivity contribution in [3.8, 4) is 0 Å². The minimum absolute atomic E-state index is 0.00800. The van der Waals surface area contributed by atoms with Crippen molar-refractivity contribution in [2.45, 2.75) is 43.0 Å². The molecule has 1 aromatic heterocycles. The first-order valence-electron chi connectivity index (χ1n) is 7.83. The molecule has 25 heavy (non-hydrogen) atoms. The van der Waals surface area contributed by atoms with Crippen LogP contribution in [0.25, 0.3) is 0 Å². The average Bonchev–Trinajstić information content (AvgIpc) is 2.86. The summed E-state index contributed by atoms with van der Waals surface area (Å²) in [6, 6.07) is 6.18. The zero-order valence-corrected chi connectivity index (χ0v) is 17.4. The fourth-order valence-corrected chi connectivity index (χ4v) is 5.28. The van der Waals surface area contributed by atoms with Gasteiger partial charge in [-0.3, -0.25) is 0 Å². The summed E-state index contributed by atoms with van der Waals surface area (Å²) in [5, 5.41) is 3.21. The van der Waals surface area contributed by atoms with E-state index < -0.39 is 19.7 Å². The smallest absolute Gasteiger partial charge is 0.177 e. The van der Waals surface area contributed by atoms with Crippen LogP contribution in [0.15, 0.2) is 34.1 Å². The summed E-state index contributed by atoms with van der Waals surface area (Å²) in [6.45, 7) is 6.13. The number of anilines is 1. The van der Waals surface area contributed by atoms with Gasteiger partial charge in [-0.2, -0.15) is 0 Å². The van der Waals surface area contributed by atoms with Crippen molar-refractivity contribution in [3.63, 3.8) is 0 Å². The van der Waals surface area contributed by atoms with Crippen molar-refractivity contribution in [3.05, 3.63) is 39.6 Å². The lowest BCUT2D eigenvalue weighted by Gasteiger charge is -2.17. The number of rotatable bonds is 6. The second-order valence-electron chi connectivity index (χ2n) is 6.18. The number of benzene rings is 1. The number of hydrogen-bond acceptors (Lipinski definition) is 6. The molecular weight excluding hydrogens is 378 g/mol. The normalized spacial score (nSPS) is 13.6. The minimum Gasteiger partial charge on any atom is -0.377 e. The van der Waals surface area contributed by atoms with E-state index >= 15 is 0 Å². The van der Waals surface area contributed by atoms with Crippen molar-refractivity contribution in [2.24, 2.45) is 0 Å². The highest BCUT2D eigenvalue weighted by Crippen LogP contribution is 2.32. The summed E-state index contributed by atoms with van der Waals surface area (Å²) in [5.41, 5.74) is 1.64. The fourth-order valence-electron chi connectivity index (χ4n) is 2.57. The van der Waals surface area contributed by atoms with Crippen LogP contribution in [0.2, 0.25) is 0 Å². The van der Waals surface area contributed by atoms with Crippen LogP contribution in [-0.4, -0.2) is 29.3 Å². The highest BCUT2D eigenvalue weighted by atomic mass is 32.2. The van der Waals surface area contributed by atoms with Crippen LogP contribution in [-0.2, 0) is 26.1 Å². The van der Waals surface area contributed by atoms with Gasteiger partial charge in [0.05, 0.1) is 21.5 Å². The van der Waals surface area contributed by atoms with E-state index in [0.29, 0.717) is 5.69 Å². The molecule has 0 spiro atoms. The van der Waals surface area contributed by atoms with Gasteiger partial charge in [0, 0.05) is 22.3 Å². The monoisotopic (exact) mass is 401 g/mol. The molecule has 0 aliphatic rings. The van der Waals surface area contributed by atoms with E-state index in [2.05, 4.69) is 25.2 Å². The van der Waals surface area contributed by atoms with Gasteiger partial charge >= 0.3 is 0 Å². The maximum Gasteiger partial charge on any atom is 0.177 e. The Bertz CT molecular complexity index is 989. The lowest BCUT2D eigenvalue weighted by atomic mass is 10.2. The molecular formula is C17H23NO4S3. The van der Waals surface area contributed by atoms with Gasteiger partial charge in [-0.1, -0.05) is 6.92 Å². The third-order valence-corrected chi connectivity index (χ3v) is 7.75. The second-order valence-corrected chi connectivity index (χ2v) is 11.3. The summed E-state index contributed by atoms with van der Waals surface area (Å²) < 4.78 is 47.7. The van der Waals surface area contributed by atoms with E-state index in [-0.39, 0.29) is 15.8 Å². The van der Waals surface area contributed by atoms with Gasteiger partial charge in [-0.05, 0) is 50.1 Å². The highest BCUT2D eigenvalue weighted by Gasteiger charge is 2.20. The van der Waals surface area contributed by atoms with Crippen LogP contribution in [0.5, 0.6) is 0 Å². The fraction of sp³-hybridized carbons (Fsp3) is 0.412. The molecule has 1 aromatic carbocycles. The molecule has 0 bridgehead atoms. The van der Waals surface area contributed by atoms with Crippen molar-refractivity contribution in [1.82, 2.24) is 0 Å². The molecule has 5 nitrogen and oxygen atoms in total. The van der Waals surface area contributed by atoms with Crippen molar-refractivity contribution < 1.29 is 16.8 Å². The number of nitrogens with one attached hydrogen (secondary N) is 1. The molecule has 0 aliphatic heterocycles. The zero-order chi connectivity index (χ0) is 19.0. The molecule has 138 valence electrons. The zero-order valence-electron chi connectivity index (χ0n) is 15.0. The highest BCUT2D eigenvalue weighted by molar-refractivity contribution is 7.91. The molecule has 0 amide bonds. The molecule has 0 saturated carbocycles. The quantitative estimate of drug-likeness (QED) is 0.800. The van der Waals surface area contributed by atoms with Crippen LogP contribution >= 0.6 is 11.3 Å². The predicted molar refractivity (Wildman–Crippen MR) is 103 cm³/mol. The van der Waals surface area contributed by atoms with E-state index in [1.807, 2.05) is 6.92 Å². The predicted octanol–water partition coefficient (Wildman–Crippen LogP) is 3.60. The minimum atomic E-state index is -3.58. The average molecular weight is 402 g/mol. The third kappa shape index (κ3) is 4.62. The van der Waals surface area contributed by atoms with E-state index in [0.717, 1.165) is 23.8 Å². The first-order chi connectivity index (χ1) is 11.4. The SMILES string of the molecule is CCc1sc(C(C)Nc2ccc(S(C)(=O)=O)cc2S(C)(=O)=O)cc1C. The second kappa shape index (κ2) is 7.09. The number of aryl methyl sites for hydroxylation is 2. The Morgan fingerprint density at radius 3 is 2.20 bits per heavy atom. The Labute approximate surface area is 153 Å².